The Hall–Kier alpha value is -1.36. The molecule has 0 amide bonds. The molecule has 0 radical (unpaired) electrons. The van der Waals surface area contributed by atoms with Crippen molar-refractivity contribution < 1.29 is 8.78 Å². The van der Waals surface area contributed by atoms with Crippen LogP contribution in [0, 0.1) is 11.6 Å². The van der Waals surface area contributed by atoms with Crippen LogP contribution in [0.5, 0.6) is 0 Å². The molecule has 1 saturated heterocycles. The van der Waals surface area contributed by atoms with E-state index in [1.54, 1.807) is 0 Å². The number of benzene rings is 1. The largest absolute Gasteiger partial charge is 0.347 e. The first-order valence-corrected chi connectivity index (χ1v) is 6.42. The van der Waals surface area contributed by atoms with Crippen LogP contribution < -0.4 is 5.32 Å². The summed E-state index contributed by atoms with van der Waals surface area (Å²) in [6, 6.07) is 2.69. The first-order valence-electron chi connectivity index (χ1n) is 5.63. The molecule has 94 valence electrons. The molecule has 18 heavy (non-hydrogen) atoms. The molecule has 0 spiro atoms. The van der Waals surface area contributed by atoms with E-state index in [-0.39, 0.29) is 11.5 Å². The second-order valence-electron chi connectivity index (χ2n) is 4.50. The lowest BCUT2D eigenvalue weighted by atomic mass is 9.96. The molecule has 0 aliphatic carbocycles. The van der Waals surface area contributed by atoms with Crippen molar-refractivity contribution in [3.8, 4) is 0 Å². The Morgan fingerprint density at radius 1 is 1.39 bits per heavy atom. The molecule has 0 bridgehead atoms. The fourth-order valence-corrected chi connectivity index (χ4v) is 2.89. The Morgan fingerprint density at radius 3 is 2.89 bits per heavy atom. The molecule has 0 unspecified atom stereocenters. The van der Waals surface area contributed by atoms with Crippen LogP contribution in [0.1, 0.15) is 17.9 Å². The molecule has 0 saturated carbocycles. The lowest BCUT2D eigenvalue weighted by molar-refractivity contribution is 0.460. The topological polar surface area (TPSA) is 15.3 Å². The van der Waals surface area contributed by atoms with Gasteiger partial charge in [0, 0.05) is 29.9 Å². The number of hydrogen-bond donors (Lipinski definition) is 1. The maximum Gasteiger partial charge on any atom is 0.143 e. The zero-order valence-corrected chi connectivity index (χ0v) is 11.1. The fraction of sp³-hybridized carbons (Fsp3) is 0.231. The van der Waals surface area contributed by atoms with E-state index in [1.807, 2.05) is 11.1 Å². The smallest absolute Gasteiger partial charge is 0.143 e. The standard InChI is InChI=1S/C13H11BrF2N2/c1-7-17-5-9-4-8(6-18(7)9)12-11(15)3-2-10(14)13(12)16/h2-3,5,8,17H,1,4,6H2/t8-/m1/s1. The zero-order chi connectivity index (χ0) is 12.9. The van der Waals surface area contributed by atoms with Crippen LogP contribution >= 0.6 is 15.9 Å². The quantitative estimate of drug-likeness (QED) is 0.799. The number of rotatable bonds is 1. The van der Waals surface area contributed by atoms with Gasteiger partial charge in [-0.2, -0.15) is 0 Å². The fourth-order valence-electron chi connectivity index (χ4n) is 2.54. The molecule has 2 heterocycles. The van der Waals surface area contributed by atoms with E-state index in [4.69, 9.17) is 0 Å². The number of fused-ring (bicyclic) bond motifs is 1. The van der Waals surface area contributed by atoms with Gasteiger partial charge in [0.2, 0.25) is 0 Å². The van der Waals surface area contributed by atoms with Crippen LogP contribution in [0.4, 0.5) is 8.78 Å². The molecule has 5 heteroatoms. The highest BCUT2D eigenvalue weighted by molar-refractivity contribution is 9.10. The second-order valence-corrected chi connectivity index (χ2v) is 5.35. The van der Waals surface area contributed by atoms with Gasteiger partial charge in [-0.3, -0.25) is 0 Å². The Kier molecular flexibility index (Phi) is 2.66. The summed E-state index contributed by atoms with van der Waals surface area (Å²) in [6.07, 6.45) is 2.46. The third-order valence-corrected chi connectivity index (χ3v) is 4.04. The highest BCUT2D eigenvalue weighted by atomic mass is 79.9. The van der Waals surface area contributed by atoms with Gasteiger partial charge in [0.15, 0.2) is 0 Å². The van der Waals surface area contributed by atoms with Crippen molar-refractivity contribution in [3.05, 3.63) is 58.1 Å². The molecule has 1 aromatic rings. The molecular weight excluding hydrogens is 302 g/mol. The molecule has 2 nitrogen and oxygen atoms in total. The summed E-state index contributed by atoms with van der Waals surface area (Å²) in [5, 5.41) is 3.01. The predicted molar refractivity (Wildman–Crippen MR) is 68.5 cm³/mol. The van der Waals surface area contributed by atoms with Gasteiger partial charge in [-0.15, -0.1) is 0 Å². The lowest BCUT2D eigenvalue weighted by Gasteiger charge is -2.17. The number of allylic oxidation sites excluding steroid dienone is 1. The first-order chi connectivity index (χ1) is 8.58. The van der Waals surface area contributed by atoms with Crippen molar-refractivity contribution in [1.29, 1.82) is 0 Å². The summed E-state index contributed by atoms with van der Waals surface area (Å²) < 4.78 is 28.1. The maximum atomic E-state index is 14.0. The Bertz CT molecular complexity index is 568. The minimum atomic E-state index is -0.500. The highest BCUT2D eigenvalue weighted by Crippen LogP contribution is 2.40. The van der Waals surface area contributed by atoms with Gasteiger partial charge < -0.3 is 10.2 Å². The van der Waals surface area contributed by atoms with Gasteiger partial charge in [-0.1, -0.05) is 6.58 Å². The van der Waals surface area contributed by atoms with E-state index < -0.39 is 11.6 Å². The molecule has 2 aliphatic rings. The third kappa shape index (κ3) is 1.65. The zero-order valence-electron chi connectivity index (χ0n) is 9.51. The average Bonchev–Trinajstić information content (AvgIpc) is 2.88. The van der Waals surface area contributed by atoms with Gasteiger partial charge in [0.25, 0.3) is 0 Å². The van der Waals surface area contributed by atoms with Crippen molar-refractivity contribution in [2.45, 2.75) is 12.3 Å². The van der Waals surface area contributed by atoms with E-state index in [9.17, 15) is 8.78 Å². The van der Waals surface area contributed by atoms with Gasteiger partial charge >= 0.3 is 0 Å². The van der Waals surface area contributed by atoms with Crippen molar-refractivity contribution in [1.82, 2.24) is 10.2 Å². The lowest BCUT2D eigenvalue weighted by Crippen LogP contribution is -2.19. The van der Waals surface area contributed by atoms with Crippen LogP contribution in [0.3, 0.4) is 0 Å². The predicted octanol–water partition coefficient (Wildman–Crippen LogP) is 3.43. The van der Waals surface area contributed by atoms with Crippen molar-refractivity contribution in [2.24, 2.45) is 0 Å². The third-order valence-electron chi connectivity index (χ3n) is 3.42. The van der Waals surface area contributed by atoms with Crippen LogP contribution in [0.15, 0.2) is 40.9 Å². The van der Waals surface area contributed by atoms with Gasteiger partial charge in [0.1, 0.15) is 17.5 Å². The van der Waals surface area contributed by atoms with E-state index in [0.717, 1.165) is 11.5 Å². The molecule has 3 rings (SSSR count). The highest BCUT2D eigenvalue weighted by Gasteiger charge is 2.35. The molecule has 1 aromatic carbocycles. The van der Waals surface area contributed by atoms with E-state index in [1.165, 1.54) is 12.1 Å². The minimum absolute atomic E-state index is 0.160. The molecule has 1 fully saturated rings. The summed E-state index contributed by atoms with van der Waals surface area (Å²) in [5.74, 6) is -0.391. The Balaban J connectivity index is 1.99. The summed E-state index contributed by atoms with van der Waals surface area (Å²) in [6.45, 7) is 4.41. The SMILES string of the molecule is C=C1NC=C2C[C@@H](c3c(F)ccc(Br)c3F)CN12. The molecule has 1 N–H and O–H groups in total. The van der Waals surface area contributed by atoms with Crippen molar-refractivity contribution >= 4 is 15.9 Å². The number of halogens is 3. The maximum absolute atomic E-state index is 14.0. The summed E-state index contributed by atoms with van der Waals surface area (Å²) in [5.41, 5.74) is 1.19. The van der Waals surface area contributed by atoms with Gasteiger partial charge in [-0.05, 0) is 34.5 Å². The van der Waals surface area contributed by atoms with Crippen molar-refractivity contribution in [2.75, 3.05) is 6.54 Å². The molecule has 1 atom stereocenters. The molecule has 0 aromatic heterocycles. The number of hydrogen-bond acceptors (Lipinski definition) is 2. The van der Waals surface area contributed by atoms with Crippen LogP contribution in [-0.2, 0) is 0 Å². The monoisotopic (exact) mass is 312 g/mol. The van der Waals surface area contributed by atoms with Gasteiger partial charge in [-0.25, -0.2) is 8.78 Å². The summed E-state index contributed by atoms with van der Waals surface area (Å²) in [4.78, 5) is 1.96. The summed E-state index contributed by atoms with van der Waals surface area (Å²) in [7, 11) is 0. The van der Waals surface area contributed by atoms with E-state index in [2.05, 4.69) is 27.8 Å². The van der Waals surface area contributed by atoms with Crippen molar-refractivity contribution in [3.63, 3.8) is 0 Å². The molecular formula is C13H11BrF2N2. The Labute approximate surface area is 112 Å². The van der Waals surface area contributed by atoms with E-state index >= 15 is 0 Å². The minimum Gasteiger partial charge on any atom is -0.347 e. The number of nitrogens with zero attached hydrogens (tertiary/aromatic N) is 1. The van der Waals surface area contributed by atoms with E-state index in [0.29, 0.717) is 17.4 Å². The second kappa shape index (κ2) is 4.09. The van der Waals surface area contributed by atoms with Crippen LogP contribution in [0.2, 0.25) is 0 Å². The average molecular weight is 313 g/mol. The van der Waals surface area contributed by atoms with Crippen LogP contribution in [-0.4, -0.2) is 11.4 Å². The normalized spacial score (nSPS) is 21.9. The van der Waals surface area contributed by atoms with Crippen LogP contribution in [0.25, 0.3) is 0 Å². The Morgan fingerprint density at radius 2 is 2.17 bits per heavy atom. The summed E-state index contributed by atoms with van der Waals surface area (Å²) >= 11 is 3.10. The first kappa shape index (κ1) is 11.7. The van der Waals surface area contributed by atoms with Gasteiger partial charge in [0.05, 0.1) is 4.47 Å². The molecule has 2 aliphatic heterocycles. The number of nitrogens with one attached hydrogen (secondary N) is 1.